The number of benzene rings is 1. The van der Waals surface area contributed by atoms with E-state index < -0.39 is 16.4 Å². The number of amides is 1. The summed E-state index contributed by atoms with van der Waals surface area (Å²) < 4.78 is 13.3. The van der Waals surface area contributed by atoms with Crippen molar-refractivity contribution < 1.29 is 19.0 Å². The van der Waals surface area contributed by atoms with Crippen molar-refractivity contribution >= 4 is 11.6 Å². The first-order valence-corrected chi connectivity index (χ1v) is 7.59. The van der Waals surface area contributed by atoms with Crippen LogP contribution in [0.2, 0.25) is 0 Å². The van der Waals surface area contributed by atoms with Crippen molar-refractivity contribution in [1.82, 2.24) is 5.32 Å². The molecule has 22 heavy (non-hydrogen) atoms. The Morgan fingerprint density at radius 3 is 2.73 bits per heavy atom. The molecule has 0 unspecified atom stereocenters. The largest absolute Gasteiger partial charge is 0.349 e. The minimum absolute atomic E-state index is 0.0808. The van der Waals surface area contributed by atoms with Crippen molar-refractivity contribution in [3.05, 3.63) is 39.7 Å². The number of nitro benzene ring substituents is 1. The maximum absolute atomic E-state index is 13.3. The number of quaternary nitrogens is 1. The van der Waals surface area contributed by atoms with Crippen molar-refractivity contribution in [3.8, 4) is 0 Å². The summed E-state index contributed by atoms with van der Waals surface area (Å²) in [5, 5.41) is 13.6. The lowest BCUT2D eigenvalue weighted by Crippen LogP contribution is -3.13. The molecule has 1 heterocycles. The van der Waals surface area contributed by atoms with Gasteiger partial charge in [0, 0.05) is 30.5 Å². The van der Waals surface area contributed by atoms with Crippen LogP contribution in [0.3, 0.4) is 0 Å². The van der Waals surface area contributed by atoms with Crippen molar-refractivity contribution in [2.24, 2.45) is 0 Å². The number of likely N-dealkylation sites (tertiary alicyclic amines) is 1. The van der Waals surface area contributed by atoms with Gasteiger partial charge in [-0.25, -0.2) is 0 Å². The van der Waals surface area contributed by atoms with E-state index in [1.807, 2.05) is 0 Å². The molecule has 1 saturated heterocycles. The van der Waals surface area contributed by atoms with E-state index in [1.54, 1.807) is 4.90 Å². The minimum Gasteiger partial charge on any atom is -0.349 e. The van der Waals surface area contributed by atoms with E-state index in [0.717, 1.165) is 51.0 Å². The molecule has 1 aliphatic heterocycles. The van der Waals surface area contributed by atoms with Gasteiger partial charge >= 0.3 is 5.69 Å². The van der Waals surface area contributed by atoms with Gasteiger partial charge in [0.25, 0.3) is 5.91 Å². The van der Waals surface area contributed by atoms with Crippen LogP contribution >= 0.6 is 0 Å². The molecule has 0 aliphatic carbocycles. The van der Waals surface area contributed by atoms with Crippen LogP contribution in [0.1, 0.15) is 36.5 Å². The Bertz CT molecular complexity index is 557. The Balaban J connectivity index is 1.96. The Labute approximate surface area is 128 Å². The van der Waals surface area contributed by atoms with Crippen LogP contribution in [-0.4, -0.2) is 36.5 Å². The normalized spacial score (nSPS) is 21.4. The highest BCUT2D eigenvalue weighted by Gasteiger charge is 2.24. The van der Waals surface area contributed by atoms with E-state index in [1.165, 1.54) is 6.07 Å². The molecule has 0 saturated carbocycles. The van der Waals surface area contributed by atoms with Gasteiger partial charge in [-0.05, 0) is 18.6 Å². The fraction of sp³-hybridized carbons (Fsp3) is 0.533. The topological polar surface area (TPSA) is 76.7 Å². The van der Waals surface area contributed by atoms with Crippen molar-refractivity contribution in [2.45, 2.75) is 32.2 Å². The van der Waals surface area contributed by atoms with E-state index in [-0.39, 0.29) is 17.5 Å². The molecule has 2 rings (SSSR count). The molecule has 2 N–H and O–H groups in total. The first-order chi connectivity index (χ1) is 10.5. The predicted molar refractivity (Wildman–Crippen MR) is 79.4 cm³/mol. The second-order valence-corrected chi connectivity index (χ2v) is 5.67. The predicted octanol–water partition coefficient (Wildman–Crippen LogP) is 0.921. The van der Waals surface area contributed by atoms with Gasteiger partial charge in [0.15, 0.2) is 0 Å². The smallest absolute Gasteiger partial charge is 0.305 e. The number of nitrogens with zero attached hydrogens (tertiary/aromatic N) is 1. The highest BCUT2D eigenvalue weighted by molar-refractivity contribution is 5.95. The third kappa shape index (κ3) is 4.00. The number of nitro groups is 1. The number of carbonyl (C=O) groups excluding carboxylic acids is 1. The Kier molecular flexibility index (Phi) is 5.43. The number of carbonyl (C=O) groups is 1. The molecule has 7 heteroatoms. The molecular formula is C15H21FN3O3+. The average Bonchev–Trinajstić information content (AvgIpc) is 2.49. The van der Waals surface area contributed by atoms with Crippen LogP contribution in [0, 0.1) is 15.9 Å². The highest BCUT2D eigenvalue weighted by atomic mass is 19.1. The first kappa shape index (κ1) is 16.4. The van der Waals surface area contributed by atoms with Crippen molar-refractivity contribution in [1.29, 1.82) is 0 Å². The fourth-order valence-corrected chi connectivity index (χ4v) is 2.84. The van der Waals surface area contributed by atoms with E-state index in [2.05, 4.69) is 12.2 Å². The maximum Gasteiger partial charge on any atom is 0.305 e. The molecule has 120 valence electrons. The van der Waals surface area contributed by atoms with E-state index in [9.17, 15) is 19.3 Å². The van der Waals surface area contributed by atoms with Crippen molar-refractivity contribution in [2.75, 3.05) is 19.6 Å². The zero-order valence-corrected chi connectivity index (χ0v) is 12.6. The summed E-state index contributed by atoms with van der Waals surface area (Å²) in [6.45, 7) is 5.33. The third-order valence-electron chi connectivity index (χ3n) is 4.04. The molecule has 6 nitrogen and oxygen atoms in total. The summed E-state index contributed by atoms with van der Waals surface area (Å²) in [5.74, 6) is -1.31. The quantitative estimate of drug-likeness (QED) is 0.627. The Morgan fingerprint density at radius 1 is 1.45 bits per heavy atom. The molecule has 1 aromatic carbocycles. The average molecular weight is 310 g/mol. The maximum atomic E-state index is 13.3. The molecule has 1 aliphatic rings. The van der Waals surface area contributed by atoms with Crippen LogP contribution in [-0.2, 0) is 0 Å². The Morgan fingerprint density at radius 2 is 2.14 bits per heavy atom. The van der Waals surface area contributed by atoms with Crippen LogP contribution in [0.25, 0.3) is 0 Å². The summed E-state index contributed by atoms with van der Waals surface area (Å²) in [6, 6.07) is 3.30. The number of hydrogen-bond donors (Lipinski definition) is 2. The number of hydrogen-bond acceptors (Lipinski definition) is 3. The Hall–Kier alpha value is -2.02. The molecule has 0 atom stereocenters. The third-order valence-corrected chi connectivity index (χ3v) is 4.04. The molecule has 0 bridgehead atoms. The number of halogens is 1. The molecule has 1 fully saturated rings. The van der Waals surface area contributed by atoms with E-state index in [4.69, 9.17) is 0 Å². The second kappa shape index (κ2) is 7.31. The molecule has 1 amide bonds. The van der Waals surface area contributed by atoms with Gasteiger partial charge in [-0.1, -0.05) is 6.92 Å². The molecule has 0 aromatic heterocycles. The summed E-state index contributed by atoms with van der Waals surface area (Å²) in [4.78, 5) is 23.6. The van der Waals surface area contributed by atoms with Gasteiger partial charge in [-0.3, -0.25) is 14.9 Å². The summed E-state index contributed by atoms with van der Waals surface area (Å²) >= 11 is 0. The standard InChI is InChI=1S/C15H20FN3O3/c1-2-7-18-8-5-12(6-9-18)17-15(20)11-3-4-13(16)14(10-11)19(21)22/h3-4,10,12H,2,5-9H2,1H3,(H,17,20)/p+1. The van der Waals surface area contributed by atoms with Gasteiger partial charge in [0.05, 0.1) is 24.6 Å². The lowest BCUT2D eigenvalue weighted by atomic mass is 10.0. The summed E-state index contributed by atoms with van der Waals surface area (Å²) in [6.07, 6.45) is 2.93. The van der Waals surface area contributed by atoms with Crippen LogP contribution < -0.4 is 10.2 Å². The van der Waals surface area contributed by atoms with Crippen molar-refractivity contribution in [3.63, 3.8) is 0 Å². The number of nitrogens with one attached hydrogen (secondary N) is 2. The molecular weight excluding hydrogens is 289 g/mol. The fourth-order valence-electron chi connectivity index (χ4n) is 2.84. The zero-order chi connectivity index (χ0) is 16.1. The number of rotatable bonds is 5. The minimum atomic E-state index is -0.932. The lowest BCUT2D eigenvalue weighted by Gasteiger charge is -2.29. The van der Waals surface area contributed by atoms with Gasteiger partial charge < -0.3 is 10.2 Å². The summed E-state index contributed by atoms with van der Waals surface area (Å²) in [7, 11) is 0. The first-order valence-electron chi connectivity index (χ1n) is 7.59. The molecule has 1 aromatic rings. The SMILES string of the molecule is CCC[NH+]1CCC(NC(=O)c2ccc(F)c([N+](=O)[O-])c2)CC1. The van der Waals surface area contributed by atoms with E-state index in [0.29, 0.717) is 0 Å². The van der Waals surface area contributed by atoms with Gasteiger partial charge in [-0.2, -0.15) is 4.39 Å². The zero-order valence-electron chi connectivity index (χ0n) is 12.6. The van der Waals surface area contributed by atoms with Gasteiger partial charge in [0.2, 0.25) is 5.82 Å². The molecule has 0 spiro atoms. The lowest BCUT2D eigenvalue weighted by molar-refractivity contribution is -0.905. The van der Waals surface area contributed by atoms with Crippen LogP contribution in [0.15, 0.2) is 18.2 Å². The van der Waals surface area contributed by atoms with Crippen LogP contribution in [0.4, 0.5) is 10.1 Å². The van der Waals surface area contributed by atoms with Crippen LogP contribution in [0.5, 0.6) is 0 Å². The molecule has 0 radical (unpaired) electrons. The second-order valence-electron chi connectivity index (χ2n) is 5.67. The van der Waals surface area contributed by atoms with Gasteiger partial charge in [0.1, 0.15) is 0 Å². The monoisotopic (exact) mass is 310 g/mol. The van der Waals surface area contributed by atoms with Gasteiger partial charge in [-0.15, -0.1) is 0 Å². The highest BCUT2D eigenvalue weighted by Crippen LogP contribution is 2.18. The number of piperidine rings is 1. The van der Waals surface area contributed by atoms with E-state index >= 15 is 0 Å². The summed E-state index contributed by atoms with van der Waals surface area (Å²) in [5.41, 5.74) is -0.550.